The molecule has 0 atom stereocenters. The largest absolute Gasteiger partial charge is 0.361 e. The number of hydrogen-bond acceptors (Lipinski definition) is 3. The maximum Gasteiger partial charge on any atom is 0.195 e. The van der Waals surface area contributed by atoms with E-state index in [4.69, 9.17) is 4.52 Å². The number of guanidine groups is 1. The minimum Gasteiger partial charge on any atom is -0.361 e. The first-order valence-corrected chi connectivity index (χ1v) is 4.82. The van der Waals surface area contributed by atoms with Crippen LogP contribution in [0, 0.1) is 6.92 Å². The van der Waals surface area contributed by atoms with E-state index in [2.05, 4.69) is 10.1 Å². The Morgan fingerprint density at radius 2 is 1.93 bits per heavy atom. The molecule has 0 N–H and O–H groups in total. The van der Waals surface area contributed by atoms with Crippen molar-refractivity contribution in [3.63, 3.8) is 0 Å². The van der Waals surface area contributed by atoms with Crippen molar-refractivity contribution in [2.24, 2.45) is 4.99 Å². The van der Waals surface area contributed by atoms with E-state index in [1.807, 2.05) is 51.0 Å². The predicted octanol–water partition coefficient (Wildman–Crippen LogP) is 0.962. The summed E-state index contributed by atoms with van der Waals surface area (Å²) in [6.07, 6.45) is 0. The molecular weight excluding hydrogens is 192 g/mol. The lowest BCUT2D eigenvalue weighted by Crippen LogP contribution is -2.35. The summed E-state index contributed by atoms with van der Waals surface area (Å²) in [5.74, 6) is 1.73. The van der Waals surface area contributed by atoms with E-state index >= 15 is 0 Å². The van der Waals surface area contributed by atoms with Gasteiger partial charge >= 0.3 is 0 Å². The van der Waals surface area contributed by atoms with Gasteiger partial charge in [0.2, 0.25) is 0 Å². The van der Waals surface area contributed by atoms with Gasteiger partial charge in [-0.25, -0.2) is 4.99 Å². The van der Waals surface area contributed by atoms with Crippen LogP contribution in [-0.4, -0.2) is 49.1 Å². The Balaban J connectivity index is 2.69. The molecule has 0 fully saturated rings. The second kappa shape index (κ2) is 4.82. The average Bonchev–Trinajstić information content (AvgIpc) is 2.50. The smallest absolute Gasteiger partial charge is 0.195 e. The third-order valence-corrected chi connectivity index (χ3v) is 1.86. The van der Waals surface area contributed by atoms with Crippen LogP contribution in [-0.2, 0) is 6.54 Å². The fraction of sp³-hybridized carbons (Fsp3) is 0.600. The summed E-state index contributed by atoms with van der Waals surface area (Å²) in [7, 11) is 7.86. The Morgan fingerprint density at radius 1 is 1.33 bits per heavy atom. The molecule has 0 saturated carbocycles. The van der Waals surface area contributed by atoms with Crippen molar-refractivity contribution in [1.29, 1.82) is 0 Å². The lowest BCUT2D eigenvalue weighted by molar-refractivity contribution is 0.390. The van der Waals surface area contributed by atoms with Gasteiger partial charge in [-0.3, -0.25) is 0 Å². The highest BCUT2D eigenvalue weighted by Gasteiger charge is 2.05. The molecule has 0 spiro atoms. The molecule has 15 heavy (non-hydrogen) atoms. The number of hydrogen-bond donors (Lipinski definition) is 0. The zero-order valence-corrected chi connectivity index (χ0v) is 9.98. The highest BCUT2D eigenvalue weighted by molar-refractivity contribution is 5.79. The van der Waals surface area contributed by atoms with Crippen LogP contribution in [0.5, 0.6) is 0 Å². The van der Waals surface area contributed by atoms with Crippen LogP contribution < -0.4 is 0 Å². The van der Waals surface area contributed by atoms with E-state index in [1.165, 1.54) is 0 Å². The van der Waals surface area contributed by atoms with Crippen LogP contribution in [0.4, 0.5) is 0 Å². The van der Waals surface area contributed by atoms with Gasteiger partial charge in [0.1, 0.15) is 11.5 Å². The normalized spacial score (nSPS) is 9.93. The Hall–Kier alpha value is -1.52. The fourth-order valence-corrected chi connectivity index (χ4v) is 1.33. The van der Waals surface area contributed by atoms with E-state index in [9.17, 15) is 0 Å². The zero-order valence-electron chi connectivity index (χ0n) is 9.98. The van der Waals surface area contributed by atoms with Crippen LogP contribution >= 0.6 is 0 Å². The van der Waals surface area contributed by atoms with E-state index in [0.29, 0.717) is 6.54 Å². The standard InChI is InChI=1S/C10H18N4O/c1-8-6-9(12-15-8)7-11-10(13(2)3)14(4)5/h6H,7H2,1-5H3. The molecule has 84 valence electrons. The van der Waals surface area contributed by atoms with Crippen molar-refractivity contribution in [3.8, 4) is 0 Å². The summed E-state index contributed by atoms with van der Waals surface area (Å²) >= 11 is 0. The lowest BCUT2D eigenvalue weighted by atomic mass is 10.4. The molecule has 5 heteroatoms. The van der Waals surface area contributed by atoms with Gasteiger partial charge in [0, 0.05) is 34.3 Å². The van der Waals surface area contributed by atoms with Crippen LogP contribution in [0.15, 0.2) is 15.6 Å². The summed E-state index contributed by atoms with van der Waals surface area (Å²) in [4.78, 5) is 8.38. The summed E-state index contributed by atoms with van der Waals surface area (Å²) in [5, 5.41) is 3.89. The molecule has 5 nitrogen and oxygen atoms in total. The van der Waals surface area contributed by atoms with Crippen molar-refractivity contribution in [2.45, 2.75) is 13.5 Å². The van der Waals surface area contributed by atoms with Crippen LogP contribution in [0.25, 0.3) is 0 Å². The first-order chi connectivity index (χ1) is 7.00. The molecule has 0 radical (unpaired) electrons. The Labute approximate surface area is 90.4 Å². The van der Waals surface area contributed by atoms with Crippen molar-refractivity contribution in [1.82, 2.24) is 15.0 Å². The number of nitrogens with zero attached hydrogens (tertiary/aromatic N) is 4. The molecule has 1 rings (SSSR count). The molecule has 0 aromatic carbocycles. The maximum absolute atomic E-state index is 4.97. The highest BCUT2D eigenvalue weighted by atomic mass is 16.5. The van der Waals surface area contributed by atoms with Gasteiger partial charge in [0.05, 0.1) is 6.54 Å². The van der Waals surface area contributed by atoms with Gasteiger partial charge < -0.3 is 14.3 Å². The zero-order chi connectivity index (χ0) is 11.4. The van der Waals surface area contributed by atoms with Gasteiger partial charge in [-0.05, 0) is 6.92 Å². The van der Waals surface area contributed by atoms with Crippen LogP contribution in [0.2, 0.25) is 0 Å². The summed E-state index contributed by atoms with van der Waals surface area (Å²) < 4.78 is 4.97. The minimum absolute atomic E-state index is 0.545. The van der Waals surface area contributed by atoms with Crippen LogP contribution in [0.1, 0.15) is 11.5 Å². The van der Waals surface area contributed by atoms with Crippen LogP contribution in [0.3, 0.4) is 0 Å². The molecule has 1 heterocycles. The topological polar surface area (TPSA) is 44.9 Å². The van der Waals surface area contributed by atoms with E-state index in [-0.39, 0.29) is 0 Å². The average molecular weight is 210 g/mol. The van der Waals surface area contributed by atoms with Crippen molar-refractivity contribution in [2.75, 3.05) is 28.2 Å². The lowest BCUT2D eigenvalue weighted by Gasteiger charge is -2.22. The molecule has 0 bridgehead atoms. The molecule has 0 unspecified atom stereocenters. The molecule has 0 aliphatic heterocycles. The van der Waals surface area contributed by atoms with Gasteiger partial charge in [-0.1, -0.05) is 5.16 Å². The first-order valence-electron chi connectivity index (χ1n) is 4.82. The third kappa shape index (κ3) is 3.27. The quantitative estimate of drug-likeness (QED) is 0.539. The molecule has 1 aromatic rings. The minimum atomic E-state index is 0.545. The summed E-state index contributed by atoms with van der Waals surface area (Å²) in [6, 6.07) is 1.90. The second-order valence-corrected chi connectivity index (χ2v) is 3.83. The van der Waals surface area contributed by atoms with E-state index in [0.717, 1.165) is 17.4 Å². The maximum atomic E-state index is 4.97. The third-order valence-electron chi connectivity index (χ3n) is 1.86. The van der Waals surface area contributed by atoms with E-state index < -0.39 is 0 Å². The van der Waals surface area contributed by atoms with Gasteiger partial charge in [-0.2, -0.15) is 0 Å². The van der Waals surface area contributed by atoms with Gasteiger partial charge in [0.15, 0.2) is 5.96 Å². The predicted molar refractivity (Wildman–Crippen MR) is 59.8 cm³/mol. The molecule has 0 aliphatic rings. The fourth-order valence-electron chi connectivity index (χ4n) is 1.33. The Bertz CT molecular complexity index is 331. The summed E-state index contributed by atoms with van der Waals surface area (Å²) in [5.41, 5.74) is 0.855. The second-order valence-electron chi connectivity index (χ2n) is 3.83. The number of aromatic nitrogens is 1. The molecular formula is C10H18N4O. The number of aryl methyl sites for hydroxylation is 1. The Kier molecular flexibility index (Phi) is 3.71. The van der Waals surface area contributed by atoms with Crippen molar-refractivity contribution in [3.05, 3.63) is 17.5 Å². The van der Waals surface area contributed by atoms with E-state index in [1.54, 1.807) is 0 Å². The van der Waals surface area contributed by atoms with Gasteiger partial charge in [0.25, 0.3) is 0 Å². The SMILES string of the molecule is Cc1cc(CN=C(N(C)C)N(C)C)no1. The molecule has 0 saturated heterocycles. The van der Waals surface area contributed by atoms with Gasteiger partial charge in [-0.15, -0.1) is 0 Å². The monoisotopic (exact) mass is 210 g/mol. The highest BCUT2D eigenvalue weighted by Crippen LogP contribution is 2.03. The number of rotatable bonds is 2. The van der Waals surface area contributed by atoms with Crippen molar-refractivity contribution < 1.29 is 4.52 Å². The molecule has 0 aliphatic carbocycles. The molecule has 0 amide bonds. The van der Waals surface area contributed by atoms with Crippen molar-refractivity contribution >= 4 is 5.96 Å². The summed E-state index contributed by atoms with van der Waals surface area (Å²) in [6.45, 7) is 2.42. The first kappa shape index (κ1) is 11.6. The Morgan fingerprint density at radius 3 is 2.33 bits per heavy atom. The number of aliphatic imine (C=N–C) groups is 1. The molecule has 1 aromatic heterocycles.